The normalized spacial score (nSPS) is 11.5. The molecule has 0 aliphatic heterocycles. The van der Waals surface area contributed by atoms with Gasteiger partial charge in [-0.2, -0.15) is 0 Å². The largest absolute Gasteiger partial charge is 0.478 e. The molecule has 108 valence electrons. The molecule has 1 aromatic carbocycles. The molecule has 0 saturated carbocycles. The van der Waals surface area contributed by atoms with Crippen LogP contribution in [0.2, 0.25) is 0 Å². The van der Waals surface area contributed by atoms with Crippen molar-refractivity contribution in [3.8, 4) is 0 Å². The molecule has 0 heterocycles. The molecule has 0 unspecified atom stereocenters. The molecule has 0 bridgehead atoms. The van der Waals surface area contributed by atoms with Crippen molar-refractivity contribution in [2.75, 3.05) is 0 Å². The minimum absolute atomic E-state index is 0.215. The fourth-order valence-electron chi connectivity index (χ4n) is 0.831. The van der Waals surface area contributed by atoms with Gasteiger partial charge in [-0.05, 0) is 53.7 Å². The van der Waals surface area contributed by atoms with E-state index in [0.29, 0.717) is 5.56 Å². The lowest BCUT2D eigenvalue weighted by molar-refractivity contribution is -0.393. The van der Waals surface area contributed by atoms with Crippen molar-refractivity contribution in [1.29, 1.82) is 0 Å². The monoisotopic (exact) mass is 268 g/mol. The Hall–Kier alpha value is -1.39. The van der Waals surface area contributed by atoms with Gasteiger partial charge in [-0.3, -0.25) is 0 Å². The lowest BCUT2D eigenvalue weighted by atomic mass is 10.2. The number of carboxylic acids is 1. The van der Waals surface area contributed by atoms with Gasteiger partial charge in [0.05, 0.1) is 16.8 Å². The third kappa shape index (κ3) is 11.4. The van der Waals surface area contributed by atoms with Crippen molar-refractivity contribution in [3.63, 3.8) is 0 Å². The van der Waals surface area contributed by atoms with Crippen LogP contribution in [0, 0.1) is 0 Å². The van der Waals surface area contributed by atoms with E-state index >= 15 is 0 Å². The van der Waals surface area contributed by atoms with Gasteiger partial charge in [-0.1, -0.05) is 18.2 Å². The molecule has 4 heteroatoms. The second-order valence-corrected chi connectivity index (χ2v) is 6.06. The van der Waals surface area contributed by atoms with Gasteiger partial charge in [0.25, 0.3) is 0 Å². The smallest absolute Gasteiger partial charge is 0.335 e. The summed E-state index contributed by atoms with van der Waals surface area (Å²) in [5.74, 6) is -0.879. The third-order valence-electron chi connectivity index (χ3n) is 1.56. The van der Waals surface area contributed by atoms with E-state index in [4.69, 9.17) is 14.9 Å². The summed E-state index contributed by atoms with van der Waals surface area (Å²) in [6.07, 6.45) is 0. The van der Waals surface area contributed by atoms with Crippen molar-refractivity contribution in [2.24, 2.45) is 0 Å². The maximum atomic E-state index is 10.2. The van der Waals surface area contributed by atoms with E-state index in [9.17, 15) is 4.79 Å². The number of hydrogen-bond donors (Lipinski definition) is 1. The van der Waals surface area contributed by atoms with Crippen LogP contribution in [0.5, 0.6) is 0 Å². The van der Waals surface area contributed by atoms with Crippen molar-refractivity contribution >= 4 is 5.97 Å². The molecule has 4 nitrogen and oxygen atoms in total. The molecule has 0 atom stereocenters. The molecule has 0 saturated heterocycles. The van der Waals surface area contributed by atoms with E-state index in [-0.39, 0.29) is 11.2 Å². The number of carboxylic acid groups (broad SMARTS) is 1. The second kappa shape index (κ2) is 7.26. The van der Waals surface area contributed by atoms with Gasteiger partial charge in [0, 0.05) is 0 Å². The quantitative estimate of drug-likeness (QED) is 0.652. The molecule has 0 aliphatic rings. The lowest BCUT2D eigenvalue weighted by Crippen LogP contribution is -2.27. The van der Waals surface area contributed by atoms with E-state index in [2.05, 4.69) is 0 Å². The Labute approximate surface area is 115 Å². The van der Waals surface area contributed by atoms with E-state index in [0.717, 1.165) is 0 Å². The SMILES string of the molecule is CC(C)(C)OOC(C)(C)C.O=C(O)c1ccccc1. The topological polar surface area (TPSA) is 55.8 Å². The number of rotatable bonds is 2. The second-order valence-electron chi connectivity index (χ2n) is 6.06. The van der Waals surface area contributed by atoms with Gasteiger partial charge in [0.2, 0.25) is 0 Å². The molecule has 0 fully saturated rings. The third-order valence-corrected chi connectivity index (χ3v) is 1.56. The van der Waals surface area contributed by atoms with Crippen molar-refractivity contribution in [1.82, 2.24) is 0 Å². The molecular weight excluding hydrogens is 244 g/mol. The van der Waals surface area contributed by atoms with Crippen molar-refractivity contribution in [2.45, 2.75) is 52.7 Å². The van der Waals surface area contributed by atoms with Crippen molar-refractivity contribution in [3.05, 3.63) is 35.9 Å². The maximum absolute atomic E-state index is 10.2. The molecule has 0 spiro atoms. The standard InChI is InChI=1S/C8H18O2.C7H6O2/c1-7(2,3)9-10-8(4,5)6;8-7(9)6-4-2-1-3-5-6/h1-6H3;1-5H,(H,8,9). The van der Waals surface area contributed by atoms with Crippen LogP contribution in [-0.4, -0.2) is 22.3 Å². The van der Waals surface area contributed by atoms with Gasteiger partial charge in [-0.25, -0.2) is 14.6 Å². The number of hydrogen-bond acceptors (Lipinski definition) is 3. The summed E-state index contributed by atoms with van der Waals surface area (Å²) >= 11 is 0. The Bertz CT molecular complexity index is 357. The Morgan fingerprint density at radius 3 is 1.47 bits per heavy atom. The Morgan fingerprint density at radius 1 is 0.895 bits per heavy atom. The summed E-state index contributed by atoms with van der Waals surface area (Å²) in [5, 5.41) is 8.38. The first-order chi connectivity index (χ1) is 8.51. The summed E-state index contributed by atoms with van der Waals surface area (Å²) in [7, 11) is 0. The Balaban J connectivity index is 0.000000342. The molecular formula is C15H24O4. The van der Waals surface area contributed by atoms with Crippen molar-refractivity contribution < 1.29 is 19.7 Å². The highest BCUT2D eigenvalue weighted by molar-refractivity contribution is 5.87. The summed E-state index contributed by atoms with van der Waals surface area (Å²) in [6.45, 7) is 11.7. The van der Waals surface area contributed by atoms with Crippen LogP contribution in [0.4, 0.5) is 0 Å². The number of aromatic carboxylic acids is 1. The summed E-state index contributed by atoms with van der Waals surface area (Å²) in [6, 6.07) is 8.30. The Kier molecular flexibility index (Phi) is 6.73. The average Bonchev–Trinajstić information content (AvgIpc) is 2.27. The van der Waals surface area contributed by atoms with Crippen LogP contribution in [0.15, 0.2) is 30.3 Å². The van der Waals surface area contributed by atoms with Crippen LogP contribution >= 0.6 is 0 Å². The minimum atomic E-state index is -0.879. The molecule has 19 heavy (non-hydrogen) atoms. The molecule has 1 rings (SSSR count). The van der Waals surface area contributed by atoms with E-state index in [1.165, 1.54) is 0 Å². The highest BCUT2D eigenvalue weighted by Crippen LogP contribution is 2.14. The zero-order valence-corrected chi connectivity index (χ0v) is 12.6. The minimum Gasteiger partial charge on any atom is -0.478 e. The fraction of sp³-hybridized carbons (Fsp3) is 0.533. The van der Waals surface area contributed by atoms with E-state index in [1.54, 1.807) is 30.3 Å². The molecule has 0 amide bonds. The summed E-state index contributed by atoms with van der Waals surface area (Å²) in [5.41, 5.74) is -0.0990. The lowest BCUT2D eigenvalue weighted by Gasteiger charge is -2.24. The van der Waals surface area contributed by atoms with E-state index in [1.807, 2.05) is 41.5 Å². The number of benzene rings is 1. The van der Waals surface area contributed by atoms with Gasteiger partial charge >= 0.3 is 5.97 Å². The first kappa shape index (κ1) is 17.6. The van der Waals surface area contributed by atoms with Crippen LogP contribution in [0.3, 0.4) is 0 Å². The van der Waals surface area contributed by atoms with Gasteiger partial charge in [0.1, 0.15) is 0 Å². The van der Waals surface area contributed by atoms with Crippen LogP contribution in [0.25, 0.3) is 0 Å². The first-order valence-electron chi connectivity index (χ1n) is 6.16. The summed E-state index contributed by atoms with van der Waals surface area (Å²) < 4.78 is 0. The summed E-state index contributed by atoms with van der Waals surface area (Å²) in [4.78, 5) is 20.4. The molecule has 1 N–H and O–H groups in total. The zero-order valence-electron chi connectivity index (χ0n) is 12.6. The average molecular weight is 268 g/mol. The number of carbonyl (C=O) groups is 1. The molecule has 0 aromatic heterocycles. The predicted octanol–water partition coefficient (Wildman–Crippen LogP) is 3.92. The van der Waals surface area contributed by atoms with Crippen LogP contribution in [-0.2, 0) is 9.78 Å². The highest BCUT2D eigenvalue weighted by atomic mass is 17.2. The molecule has 1 aromatic rings. The Morgan fingerprint density at radius 2 is 1.26 bits per heavy atom. The highest BCUT2D eigenvalue weighted by Gasteiger charge is 2.18. The van der Waals surface area contributed by atoms with Crippen LogP contribution < -0.4 is 0 Å². The predicted molar refractivity (Wildman–Crippen MR) is 75.1 cm³/mol. The molecule has 0 aliphatic carbocycles. The molecule has 0 radical (unpaired) electrons. The first-order valence-corrected chi connectivity index (χ1v) is 6.16. The van der Waals surface area contributed by atoms with Gasteiger partial charge < -0.3 is 5.11 Å². The van der Waals surface area contributed by atoms with Crippen LogP contribution in [0.1, 0.15) is 51.9 Å². The van der Waals surface area contributed by atoms with Gasteiger partial charge in [-0.15, -0.1) is 0 Å². The zero-order chi connectivity index (χ0) is 15.1. The fourth-order valence-corrected chi connectivity index (χ4v) is 0.831. The van der Waals surface area contributed by atoms with E-state index < -0.39 is 5.97 Å². The maximum Gasteiger partial charge on any atom is 0.335 e. The van der Waals surface area contributed by atoms with Gasteiger partial charge in [0.15, 0.2) is 0 Å².